The topological polar surface area (TPSA) is 155 Å². The van der Waals surface area contributed by atoms with Gasteiger partial charge in [0.15, 0.2) is 11.6 Å². The van der Waals surface area contributed by atoms with E-state index in [-0.39, 0.29) is 44.9 Å². The van der Waals surface area contributed by atoms with E-state index in [1.54, 1.807) is 69.3 Å². The molecule has 1 amide bonds. The Kier molecular flexibility index (Phi) is 12.1. The smallest absolute Gasteiger partial charge is 0.306 e. The highest BCUT2D eigenvalue weighted by Crippen LogP contribution is 2.44. The molecule has 3 aromatic carbocycles. The molecule has 254 valence electrons. The lowest BCUT2D eigenvalue weighted by atomic mass is 9.81. The highest BCUT2D eigenvalue weighted by Gasteiger charge is 2.53. The van der Waals surface area contributed by atoms with Crippen molar-refractivity contribution in [2.24, 2.45) is 10.1 Å². The lowest BCUT2D eigenvalue weighted by Crippen LogP contribution is -2.49. The van der Waals surface area contributed by atoms with Crippen LogP contribution in [0.25, 0.3) is 10.4 Å². The van der Waals surface area contributed by atoms with Crippen LogP contribution in [0, 0.1) is 11.6 Å². The van der Waals surface area contributed by atoms with Gasteiger partial charge in [0, 0.05) is 42.5 Å². The zero-order valence-corrected chi connectivity index (χ0v) is 27.1. The number of hydrogen-bond acceptors (Lipinski definition) is 8. The van der Waals surface area contributed by atoms with Gasteiger partial charge in [-0.1, -0.05) is 29.4 Å². The van der Waals surface area contributed by atoms with Crippen molar-refractivity contribution in [1.82, 2.24) is 5.32 Å². The Balaban J connectivity index is 1.75. The fourth-order valence-corrected chi connectivity index (χ4v) is 5.30. The number of hydrogen-bond donors (Lipinski definition) is 2. The van der Waals surface area contributed by atoms with E-state index in [0.29, 0.717) is 41.0 Å². The second kappa shape index (κ2) is 16.2. The summed E-state index contributed by atoms with van der Waals surface area (Å²) in [6.07, 6.45) is -0.776. The first-order chi connectivity index (χ1) is 22.9. The molecule has 0 bridgehead atoms. The Morgan fingerprint density at radius 3 is 2.48 bits per heavy atom. The van der Waals surface area contributed by atoms with Crippen LogP contribution in [0.15, 0.2) is 76.8 Å². The van der Waals surface area contributed by atoms with Crippen LogP contribution in [0.1, 0.15) is 68.4 Å². The average Bonchev–Trinajstić information content (AvgIpc) is 3.43. The molecule has 4 rings (SSSR count). The van der Waals surface area contributed by atoms with E-state index < -0.39 is 40.8 Å². The van der Waals surface area contributed by atoms with Gasteiger partial charge in [0.05, 0.1) is 13.2 Å². The third kappa shape index (κ3) is 9.52. The number of carbonyl (C=O) groups is 2. The number of nitrogens with zero attached hydrogens (tertiary/aromatic N) is 4. The molecule has 2 atom stereocenters. The number of benzene rings is 3. The fourth-order valence-electron chi connectivity index (χ4n) is 5.30. The molecule has 3 aromatic rings. The summed E-state index contributed by atoms with van der Waals surface area (Å²) in [5, 5.41) is 15.6. The van der Waals surface area contributed by atoms with Crippen molar-refractivity contribution >= 4 is 17.8 Å². The molecule has 1 aliphatic heterocycles. The molecule has 0 aliphatic carbocycles. The normalized spacial score (nSPS) is 17.1. The highest BCUT2D eigenvalue weighted by atomic mass is 19.1. The first kappa shape index (κ1) is 35.8. The van der Waals surface area contributed by atoms with Crippen molar-refractivity contribution in [2.45, 2.75) is 70.2 Å². The summed E-state index contributed by atoms with van der Waals surface area (Å²) in [5.41, 5.74) is 8.56. The molecule has 0 spiro atoms. The van der Waals surface area contributed by atoms with Crippen molar-refractivity contribution in [2.75, 3.05) is 19.8 Å². The molecule has 1 heterocycles. The molecule has 1 aliphatic rings. The average molecular weight is 664 g/mol. The van der Waals surface area contributed by atoms with Gasteiger partial charge in [-0.3, -0.25) is 9.59 Å². The molecule has 13 heteroatoms. The van der Waals surface area contributed by atoms with E-state index in [2.05, 4.69) is 15.3 Å². The van der Waals surface area contributed by atoms with Gasteiger partial charge >= 0.3 is 5.97 Å². The molecular weight excluding hydrogens is 624 g/mol. The van der Waals surface area contributed by atoms with Crippen molar-refractivity contribution in [3.05, 3.63) is 111 Å². The largest absolute Gasteiger partial charge is 0.494 e. The number of ether oxygens (including phenoxy) is 3. The summed E-state index contributed by atoms with van der Waals surface area (Å²) < 4.78 is 45.3. The van der Waals surface area contributed by atoms with Crippen LogP contribution in [0.3, 0.4) is 0 Å². The Hall–Kier alpha value is -5.00. The van der Waals surface area contributed by atoms with E-state index in [0.717, 1.165) is 6.07 Å². The molecule has 0 aromatic heterocycles. The van der Waals surface area contributed by atoms with Gasteiger partial charge in [0.25, 0.3) is 5.91 Å². The Morgan fingerprint density at radius 1 is 1.10 bits per heavy atom. The second-order valence-electron chi connectivity index (χ2n) is 12.2. The predicted octanol–water partition coefficient (Wildman–Crippen LogP) is 6.27. The summed E-state index contributed by atoms with van der Waals surface area (Å²) in [5.74, 6) is -1.89. The molecule has 48 heavy (non-hydrogen) atoms. The second-order valence-corrected chi connectivity index (χ2v) is 12.2. The van der Waals surface area contributed by atoms with E-state index in [9.17, 15) is 18.4 Å². The summed E-state index contributed by atoms with van der Waals surface area (Å²) in [4.78, 5) is 35.1. The van der Waals surface area contributed by atoms with Crippen LogP contribution in [-0.4, -0.2) is 53.8 Å². The Labute approximate surface area is 277 Å². The van der Waals surface area contributed by atoms with Gasteiger partial charge in [-0.15, -0.1) is 0 Å². The van der Waals surface area contributed by atoms with Gasteiger partial charge in [0.1, 0.15) is 23.0 Å². The van der Waals surface area contributed by atoms with Crippen molar-refractivity contribution < 1.29 is 37.7 Å². The molecule has 0 unspecified atom stereocenters. The minimum absolute atomic E-state index is 0.00215. The monoisotopic (exact) mass is 663 g/mol. The maximum atomic E-state index is 14.4. The number of halogens is 2. The molecule has 0 saturated heterocycles. The maximum absolute atomic E-state index is 14.4. The molecule has 0 fully saturated rings. The number of azide groups is 1. The van der Waals surface area contributed by atoms with Gasteiger partial charge in [-0.2, -0.15) is 0 Å². The Bertz CT molecular complexity index is 1650. The van der Waals surface area contributed by atoms with Crippen LogP contribution < -0.4 is 10.1 Å². The van der Waals surface area contributed by atoms with Gasteiger partial charge in [0.2, 0.25) is 5.90 Å². The number of nitrogens with one attached hydrogen (secondary N) is 1. The number of aliphatic hydroxyl groups excluding tert-OH is 1. The summed E-state index contributed by atoms with van der Waals surface area (Å²) >= 11 is 0. The number of rotatable bonds is 15. The Morgan fingerprint density at radius 2 is 1.81 bits per heavy atom. The first-order valence-electron chi connectivity index (χ1n) is 15.6. The quantitative estimate of drug-likeness (QED) is 0.0642. The zero-order chi connectivity index (χ0) is 34.7. The fraction of sp³-hybridized carbons (Fsp3) is 0.400. The molecule has 0 saturated carbocycles. The van der Waals surface area contributed by atoms with Crippen LogP contribution in [-0.2, 0) is 32.0 Å². The van der Waals surface area contributed by atoms with Crippen LogP contribution in [0.2, 0.25) is 0 Å². The van der Waals surface area contributed by atoms with Crippen molar-refractivity contribution in [1.29, 1.82) is 0 Å². The van der Waals surface area contributed by atoms with Crippen LogP contribution in [0.4, 0.5) is 8.78 Å². The van der Waals surface area contributed by atoms with Crippen LogP contribution >= 0.6 is 0 Å². The SMILES string of the molecule is CC(C)(C)OC(=O)CC[C@@]1(C(=O)NCCc2cc(F)cc(F)c2)N=C(c2ccc(OCCCO)cc2)O[C@@H]1c1ccccc1CN=[N+]=[N-]. The lowest BCUT2D eigenvalue weighted by molar-refractivity contribution is -0.155. The number of aliphatic hydroxyl groups is 1. The molecule has 2 N–H and O–H groups in total. The lowest BCUT2D eigenvalue weighted by Gasteiger charge is -2.32. The van der Waals surface area contributed by atoms with Gasteiger partial charge < -0.3 is 24.6 Å². The molecule has 0 radical (unpaired) electrons. The number of carbonyl (C=O) groups excluding carboxylic acids is 2. The van der Waals surface area contributed by atoms with Crippen molar-refractivity contribution in [3.8, 4) is 5.75 Å². The number of amides is 1. The third-order valence-electron chi connectivity index (χ3n) is 7.42. The van der Waals surface area contributed by atoms with Crippen LogP contribution in [0.5, 0.6) is 5.75 Å². The minimum atomic E-state index is -1.71. The highest BCUT2D eigenvalue weighted by molar-refractivity contribution is 6.01. The zero-order valence-electron chi connectivity index (χ0n) is 27.1. The van der Waals surface area contributed by atoms with E-state index in [1.807, 2.05) is 0 Å². The van der Waals surface area contributed by atoms with E-state index >= 15 is 0 Å². The molecule has 11 nitrogen and oxygen atoms in total. The minimum Gasteiger partial charge on any atom is -0.494 e. The maximum Gasteiger partial charge on any atom is 0.306 e. The number of esters is 1. The summed E-state index contributed by atoms with van der Waals surface area (Å²) in [6.45, 7) is 5.52. The van der Waals surface area contributed by atoms with Gasteiger partial charge in [-0.05, 0) is 92.2 Å². The predicted molar refractivity (Wildman–Crippen MR) is 174 cm³/mol. The third-order valence-corrected chi connectivity index (χ3v) is 7.42. The molecular formula is C35H39F2N5O6. The van der Waals surface area contributed by atoms with E-state index in [1.165, 1.54) is 12.1 Å². The van der Waals surface area contributed by atoms with Crippen molar-refractivity contribution in [3.63, 3.8) is 0 Å². The standard InChI is InChI=1S/C35H39F2N5O6/c1-34(2,3)48-30(44)13-15-35(33(45)39-16-14-23-19-26(36)21-27(37)20-23)31(29-8-5-4-7-25(29)22-40-42-38)47-32(41-35)24-9-11-28(12-10-24)46-18-6-17-43/h4-5,7-12,19-21,31,43H,6,13-18,22H2,1-3H3,(H,39,45)/t31-,35-/m1/s1. The number of aliphatic imine (C=N–C) groups is 1. The summed E-state index contributed by atoms with van der Waals surface area (Å²) in [7, 11) is 0. The first-order valence-corrected chi connectivity index (χ1v) is 15.6. The van der Waals surface area contributed by atoms with E-state index in [4.69, 9.17) is 29.8 Å². The summed E-state index contributed by atoms with van der Waals surface area (Å²) in [6, 6.07) is 17.0. The van der Waals surface area contributed by atoms with Gasteiger partial charge in [-0.25, -0.2) is 13.8 Å².